The number of nitrogens with zero attached hydrogens (tertiary/aromatic N) is 1. The van der Waals surface area contributed by atoms with Crippen molar-refractivity contribution in [1.29, 1.82) is 0 Å². The summed E-state index contributed by atoms with van der Waals surface area (Å²) in [6.07, 6.45) is 0.124. The topological polar surface area (TPSA) is 66.8 Å². The number of hydrogen-bond donors (Lipinski definition) is 1. The second-order valence-corrected chi connectivity index (χ2v) is 4.51. The van der Waals surface area contributed by atoms with E-state index in [0.717, 1.165) is 11.1 Å². The minimum Gasteiger partial charge on any atom is -0.496 e. The van der Waals surface area contributed by atoms with E-state index in [4.69, 9.17) is 9.84 Å². The number of rotatable bonds is 5. The van der Waals surface area contributed by atoms with E-state index in [0.29, 0.717) is 5.75 Å². The Morgan fingerprint density at radius 1 is 1.42 bits per heavy atom. The number of amides is 1. The number of likely N-dealkylation sites (N-methyl/N-ethyl adjacent to an activating group) is 1. The molecule has 0 aliphatic rings. The lowest BCUT2D eigenvalue weighted by molar-refractivity contribution is -0.148. The SMILES string of the molecule is COc1ccc(C)cc1CC(=O)N(C)C(C)C(=O)O. The van der Waals surface area contributed by atoms with Gasteiger partial charge in [-0.1, -0.05) is 17.7 Å². The molecule has 1 aromatic rings. The molecule has 0 bridgehead atoms. The van der Waals surface area contributed by atoms with Crippen LogP contribution in [-0.2, 0) is 16.0 Å². The second kappa shape index (κ2) is 6.22. The van der Waals surface area contributed by atoms with E-state index >= 15 is 0 Å². The number of carboxylic acid groups (broad SMARTS) is 1. The van der Waals surface area contributed by atoms with Crippen molar-refractivity contribution in [1.82, 2.24) is 4.90 Å². The third-order valence-electron chi connectivity index (χ3n) is 3.11. The zero-order chi connectivity index (χ0) is 14.6. The van der Waals surface area contributed by atoms with Crippen LogP contribution in [0.5, 0.6) is 5.75 Å². The highest BCUT2D eigenvalue weighted by Crippen LogP contribution is 2.20. The summed E-state index contributed by atoms with van der Waals surface area (Å²) in [6.45, 7) is 3.41. The van der Waals surface area contributed by atoms with Gasteiger partial charge >= 0.3 is 5.97 Å². The number of carbonyl (C=O) groups excluding carboxylic acids is 1. The summed E-state index contributed by atoms with van der Waals surface area (Å²) in [5.41, 5.74) is 1.79. The number of hydrogen-bond acceptors (Lipinski definition) is 3. The smallest absolute Gasteiger partial charge is 0.326 e. The zero-order valence-corrected chi connectivity index (χ0v) is 11.6. The van der Waals surface area contributed by atoms with E-state index in [1.165, 1.54) is 18.9 Å². The summed E-state index contributed by atoms with van der Waals surface area (Å²) in [5, 5.41) is 8.89. The summed E-state index contributed by atoms with van der Waals surface area (Å²) >= 11 is 0. The molecule has 0 aliphatic heterocycles. The average Bonchev–Trinajstić information content (AvgIpc) is 2.37. The Kier molecular flexibility index (Phi) is 4.92. The number of benzene rings is 1. The van der Waals surface area contributed by atoms with Crippen LogP contribution in [0.25, 0.3) is 0 Å². The standard InChI is InChI=1S/C14H19NO4/c1-9-5-6-12(19-4)11(7-9)8-13(16)15(3)10(2)14(17)18/h5-7,10H,8H2,1-4H3,(H,17,18). The van der Waals surface area contributed by atoms with Crippen molar-refractivity contribution in [3.05, 3.63) is 29.3 Å². The molecule has 1 N–H and O–H groups in total. The van der Waals surface area contributed by atoms with Gasteiger partial charge in [0, 0.05) is 12.6 Å². The number of aryl methyl sites for hydroxylation is 1. The quantitative estimate of drug-likeness (QED) is 0.875. The number of carboxylic acids is 1. The Morgan fingerprint density at radius 3 is 2.58 bits per heavy atom. The monoisotopic (exact) mass is 265 g/mol. The fraction of sp³-hybridized carbons (Fsp3) is 0.429. The van der Waals surface area contributed by atoms with Crippen LogP contribution >= 0.6 is 0 Å². The van der Waals surface area contributed by atoms with Crippen molar-refractivity contribution in [2.24, 2.45) is 0 Å². The summed E-state index contributed by atoms with van der Waals surface area (Å²) in [7, 11) is 3.03. The first-order chi connectivity index (χ1) is 8.86. The fourth-order valence-corrected chi connectivity index (χ4v) is 1.71. The van der Waals surface area contributed by atoms with Gasteiger partial charge in [0.25, 0.3) is 0 Å². The molecule has 0 heterocycles. The molecule has 0 aliphatic carbocycles. The van der Waals surface area contributed by atoms with Gasteiger partial charge in [-0.25, -0.2) is 4.79 Å². The van der Waals surface area contributed by atoms with Crippen molar-refractivity contribution >= 4 is 11.9 Å². The maximum atomic E-state index is 12.0. The summed E-state index contributed by atoms with van der Waals surface area (Å²) in [5.74, 6) is -0.638. The second-order valence-electron chi connectivity index (χ2n) is 4.51. The third kappa shape index (κ3) is 3.71. The van der Waals surface area contributed by atoms with E-state index in [2.05, 4.69) is 0 Å². The average molecular weight is 265 g/mol. The maximum absolute atomic E-state index is 12.0. The first-order valence-electron chi connectivity index (χ1n) is 5.98. The molecule has 1 unspecified atom stereocenters. The van der Waals surface area contributed by atoms with Gasteiger partial charge in [0.15, 0.2) is 0 Å². The van der Waals surface area contributed by atoms with E-state index < -0.39 is 12.0 Å². The lowest BCUT2D eigenvalue weighted by Gasteiger charge is -2.22. The lowest BCUT2D eigenvalue weighted by atomic mass is 10.1. The molecular weight excluding hydrogens is 246 g/mol. The molecule has 0 saturated carbocycles. The molecule has 0 radical (unpaired) electrons. The van der Waals surface area contributed by atoms with Crippen LogP contribution in [0.3, 0.4) is 0 Å². The Morgan fingerprint density at radius 2 is 2.05 bits per heavy atom. The predicted molar refractivity (Wildman–Crippen MR) is 71.3 cm³/mol. The van der Waals surface area contributed by atoms with E-state index in [1.807, 2.05) is 19.1 Å². The molecule has 1 atom stereocenters. The summed E-state index contributed by atoms with van der Waals surface area (Å²) in [4.78, 5) is 24.1. The first kappa shape index (κ1) is 15.0. The summed E-state index contributed by atoms with van der Waals surface area (Å²) < 4.78 is 5.20. The minimum absolute atomic E-state index is 0.124. The molecule has 1 amide bonds. The fourth-order valence-electron chi connectivity index (χ4n) is 1.71. The number of methoxy groups -OCH3 is 1. The van der Waals surface area contributed by atoms with E-state index in [9.17, 15) is 9.59 Å². The highest BCUT2D eigenvalue weighted by atomic mass is 16.5. The van der Waals surface area contributed by atoms with Crippen molar-refractivity contribution in [2.75, 3.05) is 14.2 Å². The Labute approximate surface area is 112 Å². The van der Waals surface area contributed by atoms with Crippen LogP contribution in [0.15, 0.2) is 18.2 Å². The molecule has 1 aromatic carbocycles. The van der Waals surface area contributed by atoms with Crippen LogP contribution in [0.4, 0.5) is 0 Å². The molecule has 1 rings (SSSR count). The molecule has 0 saturated heterocycles. The van der Waals surface area contributed by atoms with E-state index in [-0.39, 0.29) is 12.3 Å². The lowest BCUT2D eigenvalue weighted by Crippen LogP contribution is -2.41. The van der Waals surface area contributed by atoms with Gasteiger partial charge < -0.3 is 14.7 Å². The van der Waals surface area contributed by atoms with Crippen LogP contribution in [-0.4, -0.2) is 42.1 Å². The van der Waals surface area contributed by atoms with Crippen molar-refractivity contribution in [3.63, 3.8) is 0 Å². The number of aliphatic carboxylic acids is 1. The summed E-state index contributed by atoms with van der Waals surface area (Å²) in [6, 6.07) is 4.73. The molecular formula is C14H19NO4. The third-order valence-corrected chi connectivity index (χ3v) is 3.11. The van der Waals surface area contributed by atoms with Gasteiger partial charge in [0.05, 0.1) is 13.5 Å². The largest absolute Gasteiger partial charge is 0.496 e. The molecule has 0 fully saturated rings. The van der Waals surface area contributed by atoms with Crippen molar-refractivity contribution in [2.45, 2.75) is 26.3 Å². The van der Waals surface area contributed by atoms with Crippen molar-refractivity contribution in [3.8, 4) is 5.75 Å². The molecule has 0 spiro atoms. The Hall–Kier alpha value is -2.04. The molecule has 0 aromatic heterocycles. The van der Waals surface area contributed by atoms with E-state index in [1.54, 1.807) is 13.2 Å². The minimum atomic E-state index is -1.02. The van der Waals surface area contributed by atoms with Crippen LogP contribution in [0.2, 0.25) is 0 Å². The number of carbonyl (C=O) groups is 2. The van der Waals surface area contributed by atoms with Gasteiger partial charge in [-0.05, 0) is 19.9 Å². The van der Waals surface area contributed by atoms with Gasteiger partial charge in [-0.2, -0.15) is 0 Å². The van der Waals surface area contributed by atoms with Crippen molar-refractivity contribution < 1.29 is 19.4 Å². The first-order valence-corrected chi connectivity index (χ1v) is 5.98. The predicted octanol–water partition coefficient (Wildman–Crippen LogP) is 1.48. The molecule has 104 valence electrons. The van der Waals surface area contributed by atoms with Gasteiger partial charge in [-0.15, -0.1) is 0 Å². The highest BCUT2D eigenvalue weighted by molar-refractivity contribution is 5.84. The van der Waals surface area contributed by atoms with Crippen LogP contribution in [0.1, 0.15) is 18.1 Å². The normalized spacial score (nSPS) is 11.8. The molecule has 5 heteroatoms. The highest BCUT2D eigenvalue weighted by Gasteiger charge is 2.22. The maximum Gasteiger partial charge on any atom is 0.326 e. The van der Waals surface area contributed by atoms with Gasteiger partial charge in [0.1, 0.15) is 11.8 Å². The van der Waals surface area contributed by atoms with Crippen LogP contribution in [0, 0.1) is 6.92 Å². The Bertz CT molecular complexity index is 484. The Balaban J connectivity index is 2.87. The zero-order valence-electron chi connectivity index (χ0n) is 11.6. The molecule has 19 heavy (non-hydrogen) atoms. The number of ether oxygens (including phenoxy) is 1. The van der Waals surface area contributed by atoms with Crippen LogP contribution < -0.4 is 4.74 Å². The van der Waals surface area contributed by atoms with Gasteiger partial charge in [0.2, 0.25) is 5.91 Å². The van der Waals surface area contributed by atoms with Gasteiger partial charge in [-0.3, -0.25) is 4.79 Å². The molecule has 5 nitrogen and oxygen atoms in total.